The second-order valence-corrected chi connectivity index (χ2v) is 10.2. The van der Waals surface area contributed by atoms with Crippen LogP contribution in [0.25, 0.3) is 77.4 Å². The number of hydrogen-bond donors (Lipinski definition) is 0. The van der Waals surface area contributed by atoms with Crippen molar-refractivity contribution in [1.29, 1.82) is 5.26 Å². The number of aromatic nitrogens is 2. The monoisotopic (exact) mass is 523 g/mol. The van der Waals surface area contributed by atoms with E-state index in [9.17, 15) is 5.26 Å². The minimum atomic E-state index is 0.629. The molecule has 0 aliphatic heterocycles. The van der Waals surface area contributed by atoms with Gasteiger partial charge < -0.3 is 4.42 Å². The van der Waals surface area contributed by atoms with Gasteiger partial charge in [-0.2, -0.15) is 5.26 Å². The van der Waals surface area contributed by atoms with E-state index in [1.165, 1.54) is 0 Å². The molecule has 0 saturated carbocycles. The van der Waals surface area contributed by atoms with Gasteiger partial charge in [-0.3, -0.25) is 0 Å². The quantitative estimate of drug-likeness (QED) is 0.216. The Hall–Kier alpha value is -5.79. The lowest BCUT2D eigenvalue weighted by Crippen LogP contribution is -1.91. The first kappa shape index (κ1) is 23.1. The topological polar surface area (TPSA) is 62.7 Å². The minimum absolute atomic E-state index is 0.629. The lowest BCUT2D eigenvalue weighted by atomic mass is 9.97. The van der Waals surface area contributed by atoms with E-state index >= 15 is 0 Å². The van der Waals surface area contributed by atoms with Gasteiger partial charge in [0.25, 0.3) is 0 Å². The maximum Gasteiger partial charge on any atom is 0.136 e. The summed E-state index contributed by atoms with van der Waals surface area (Å²) in [7, 11) is 0. The van der Waals surface area contributed by atoms with Gasteiger partial charge in [-0.25, -0.2) is 9.97 Å². The fourth-order valence-electron chi connectivity index (χ4n) is 5.68. The predicted molar refractivity (Wildman–Crippen MR) is 165 cm³/mol. The summed E-state index contributed by atoms with van der Waals surface area (Å²) in [5.74, 6) is 0. The minimum Gasteiger partial charge on any atom is -0.456 e. The number of rotatable bonds is 3. The molecule has 41 heavy (non-hydrogen) atoms. The van der Waals surface area contributed by atoms with Crippen molar-refractivity contribution in [2.24, 2.45) is 0 Å². The number of pyridine rings is 2. The van der Waals surface area contributed by atoms with Crippen LogP contribution in [0.2, 0.25) is 0 Å². The first-order chi connectivity index (χ1) is 20.2. The fraction of sp³-hybridized carbons (Fsp3) is 0. The molecule has 0 N–H and O–H groups in total. The molecule has 0 bridgehead atoms. The van der Waals surface area contributed by atoms with Gasteiger partial charge in [0, 0.05) is 32.7 Å². The van der Waals surface area contributed by atoms with E-state index in [4.69, 9.17) is 14.4 Å². The highest BCUT2D eigenvalue weighted by Gasteiger charge is 2.15. The smallest absolute Gasteiger partial charge is 0.136 e. The second kappa shape index (κ2) is 9.15. The summed E-state index contributed by atoms with van der Waals surface area (Å²) in [6, 6.07) is 45.0. The number of benzene rings is 5. The highest BCUT2D eigenvalue weighted by molar-refractivity contribution is 6.13. The molecule has 8 aromatic rings. The molecule has 0 atom stereocenters. The highest BCUT2D eigenvalue weighted by atomic mass is 16.3. The van der Waals surface area contributed by atoms with Crippen molar-refractivity contribution in [1.82, 2.24) is 9.97 Å². The normalized spacial score (nSPS) is 11.4. The van der Waals surface area contributed by atoms with Crippen LogP contribution < -0.4 is 0 Å². The second-order valence-electron chi connectivity index (χ2n) is 10.2. The van der Waals surface area contributed by atoms with Crippen molar-refractivity contribution in [3.8, 4) is 39.7 Å². The molecule has 4 heteroatoms. The Morgan fingerprint density at radius 3 is 1.98 bits per heavy atom. The van der Waals surface area contributed by atoms with Crippen molar-refractivity contribution in [3.63, 3.8) is 0 Å². The van der Waals surface area contributed by atoms with Crippen LogP contribution in [-0.2, 0) is 0 Å². The van der Waals surface area contributed by atoms with Crippen LogP contribution in [0.4, 0.5) is 0 Å². The van der Waals surface area contributed by atoms with E-state index in [0.29, 0.717) is 5.56 Å². The molecule has 5 aromatic carbocycles. The Balaban J connectivity index is 1.32. The lowest BCUT2D eigenvalue weighted by molar-refractivity contribution is 0.669. The van der Waals surface area contributed by atoms with Gasteiger partial charge in [0.15, 0.2) is 0 Å². The number of furan rings is 1. The molecule has 0 fully saturated rings. The Morgan fingerprint density at radius 1 is 0.537 bits per heavy atom. The summed E-state index contributed by atoms with van der Waals surface area (Å²) >= 11 is 0. The van der Waals surface area contributed by atoms with Crippen molar-refractivity contribution in [3.05, 3.63) is 133 Å². The van der Waals surface area contributed by atoms with Gasteiger partial charge in [0.1, 0.15) is 11.2 Å². The Kier molecular flexibility index (Phi) is 5.16. The maximum atomic E-state index is 9.45. The molecule has 0 unspecified atom stereocenters. The van der Waals surface area contributed by atoms with Crippen LogP contribution >= 0.6 is 0 Å². The van der Waals surface area contributed by atoms with Crippen LogP contribution in [-0.4, -0.2) is 9.97 Å². The van der Waals surface area contributed by atoms with Crippen LogP contribution in [0.5, 0.6) is 0 Å². The zero-order valence-electron chi connectivity index (χ0n) is 21.9. The molecular weight excluding hydrogens is 502 g/mol. The molecule has 8 rings (SSSR count). The van der Waals surface area contributed by atoms with Gasteiger partial charge in [-0.1, -0.05) is 78.9 Å². The summed E-state index contributed by atoms with van der Waals surface area (Å²) in [4.78, 5) is 10.2. The van der Waals surface area contributed by atoms with E-state index in [1.807, 2.05) is 60.7 Å². The average Bonchev–Trinajstić information content (AvgIpc) is 3.43. The third kappa shape index (κ3) is 3.83. The van der Waals surface area contributed by atoms with Crippen LogP contribution in [0.15, 0.2) is 132 Å². The molecule has 190 valence electrons. The highest BCUT2D eigenvalue weighted by Crippen LogP contribution is 2.39. The molecule has 4 nitrogen and oxygen atoms in total. The van der Waals surface area contributed by atoms with Crippen LogP contribution in [0.3, 0.4) is 0 Å². The molecule has 0 radical (unpaired) electrons. The largest absolute Gasteiger partial charge is 0.456 e. The summed E-state index contributed by atoms with van der Waals surface area (Å²) in [5, 5.41) is 13.6. The van der Waals surface area contributed by atoms with Crippen molar-refractivity contribution in [2.75, 3.05) is 0 Å². The Bertz CT molecular complexity index is 2330. The molecule has 0 aliphatic rings. The van der Waals surface area contributed by atoms with Gasteiger partial charge in [0.05, 0.1) is 34.1 Å². The van der Waals surface area contributed by atoms with Crippen molar-refractivity contribution >= 4 is 43.7 Å². The Morgan fingerprint density at radius 2 is 1.22 bits per heavy atom. The zero-order chi connectivity index (χ0) is 27.3. The van der Waals surface area contributed by atoms with Gasteiger partial charge >= 0.3 is 0 Å². The SMILES string of the molecule is N#Cc1cccc(-c2cccc3oc4ccc(-c5ccc6ccc7ccc(-c8ccccc8)nc7c6n5)cc4c23)c1. The molecule has 0 saturated heterocycles. The number of nitrogens with zero attached hydrogens (tertiary/aromatic N) is 3. The summed E-state index contributed by atoms with van der Waals surface area (Å²) in [6.45, 7) is 0. The van der Waals surface area contributed by atoms with E-state index in [-0.39, 0.29) is 0 Å². The average molecular weight is 524 g/mol. The van der Waals surface area contributed by atoms with E-state index in [1.54, 1.807) is 0 Å². The van der Waals surface area contributed by atoms with Gasteiger partial charge in [-0.05, 0) is 59.7 Å². The first-order valence-electron chi connectivity index (χ1n) is 13.5. The molecule has 0 amide bonds. The number of fused-ring (bicyclic) bond motifs is 6. The Labute approximate surface area is 235 Å². The lowest BCUT2D eigenvalue weighted by Gasteiger charge is -2.08. The molecule has 3 aromatic heterocycles. The fourth-order valence-corrected chi connectivity index (χ4v) is 5.68. The molecule has 3 heterocycles. The molecule has 0 aliphatic carbocycles. The van der Waals surface area contributed by atoms with Crippen molar-refractivity contribution in [2.45, 2.75) is 0 Å². The maximum absolute atomic E-state index is 9.45. The third-order valence-electron chi connectivity index (χ3n) is 7.68. The van der Waals surface area contributed by atoms with Crippen LogP contribution in [0, 0.1) is 11.3 Å². The van der Waals surface area contributed by atoms with E-state index in [0.717, 1.165) is 77.4 Å². The van der Waals surface area contributed by atoms with E-state index < -0.39 is 0 Å². The predicted octanol–water partition coefficient (Wildman–Crippen LogP) is 9.56. The molecule has 0 spiro atoms. The number of nitriles is 1. The van der Waals surface area contributed by atoms with Gasteiger partial charge in [0.2, 0.25) is 0 Å². The zero-order valence-corrected chi connectivity index (χ0v) is 21.9. The van der Waals surface area contributed by atoms with Crippen LogP contribution in [0.1, 0.15) is 5.56 Å². The summed E-state index contributed by atoms with van der Waals surface area (Å²) in [5.41, 5.74) is 9.92. The summed E-state index contributed by atoms with van der Waals surface area (Å²) < 4.78 is 6.25. The third-order valence-corrected chi connectivity index (χ3v) is 7.68. The standard InChI is InChI=1S/C37H21N3O/c38-22-23-6-4-9-27(20-23)29-10-5-11-34-35(29)30-21-28(16-19-33(30)41-34)32-18-15-26-13-12-25-14-17-31(24-7-2-1-3-8-24)39-36(25)37(26)40-32/h1-21H. The summed E-state index contributed by atoms with van der Waals surface area (Å²) in [6.07, 6.45) is 0. The molecular formula is C37H21N3O. The first-order valence-corrected chi connectivity index (χ1v) is 13.5. The van der Waals surface area contributed by atoms with E-state index in [2.05, 4.69) is 72.8 Å². The van der Waals surface area contributed by atoms with Gasteiger partial charge in [-0.15, -0.1) is 0 Å². The van der Waals surface area contributed by atoms with Crippen molar-refractivity contribution < 1.29 is 4.42 Å². The number of hydrogen-bond acceptors (Lipinski definition) is 4.